The number of hydrogen-bond acceptors (Lipinski definition) is 1. The van der Waals surface area contributed by atoms with E-state index in [4.69, 9.17) is 4.74 Å². The molecule has 430 valence electrons. The van der Waals surface area contributed by atoms with Gasteiger partial charge in [0, 0.05) is 10.9 Å². The molecule has 10 aromatic rings. The van der Waals surface area contributed by atoms with E-state index < -0.39 is 0 Å². The van der Waals surface area contributed by atoms with Gasteiger partial charge in [-0.15, -0.1) is 0 Å². The lowest BCUT2D eigenvalue weighted by Gasteiger charge is -2.19. The standard InChI is InChI=1S/2C22H23S.C21H21S.C14H21OS/c1-22(2,3)18-14-16-21(17-15-18)23(19-10-6-4-7-11-19)20-12-8-5-9-13-20;1-2-3-10-19-15-17-22(18-16-19)23(20-11-6-4-7-12-20)21-13-8-5-9-14-21;1-2-9-18-14-16-21(17-15-18)22(19-10-5-3-6-11-19)20-12-7-4-8-13-20;1-11-9-13(10-12(2)14(11)15-3)16-7-5-4-6-8-16/h4-17H,1-3H3;4-9,11-18H,2-3,10H2,1H3;3-8,10-17H,2,9H2,1H3;9-10H,4-8H2,1-3H3/q4*+1. The Morgan fingerprint density at radius 3 is 0.952 bits per heavy atom. The minimum absolute atomic E-state index is 0.0268. The number of aryl methyl sites for hydroxylation is 4. The second kappa shape index (κ2) is 33.2. The van der Waals surface area contributed by atoms with Crippen molar-refractivity contribution in [3.63, 3.8) is 0 Å². The third kappa shape index (κ3) is 18.5. The Labute approximate surface area is 517 Å². The maximum absolute atomic E-state index is 5.42. The molecule has 1 nitrogen and oxygen atoms in total. The Hall–Kier alpha value is -6.60. The molecule has 1 heterocycles. The first-order valence-corrected chi connectivity index (χ1v) is 35.4. The van der Waals surface area contributed by atoms with Gasteiger partial charge in [-0.05, 0) is 207 Å². The second-order valence-corrected chi connectivity index (χ2v) is 30.6. The van der Waals surface area contributed by atoms with Crippen LogP contribution in [0, 0.1) is 13.8 Å². The van der Waals surface area contributed by atoms with Gasteiger partial charge in [-0.25, -0.2) is 0 Å². The topological polar surface area (TPSA) is 9.23 Å². The molecule has 0 unspecified atom stereocenters. The molecule has 0 saturated carbocycles. The molecule has 11 rings (SSSR count). The van der Waals surface area contributed by atoms with Gasteiger partial charge in [-0.3, -0.25) is 0 Å². The van der Waals surface area contributed by atoms with E-state index in [2.05, 4.69) is 315 Å². The van der Waals surface area contributed by atoms with E-state index >= 15 is 0 Å². The third-order valence-electron chi connectivity index (χ3n) is 14.8. The van der Waals surface area contributed by atoms with Crippen LogP contribution in [-0.2, 0) is 61.8 Å². The van der Waals surface area contributed by atoms with Crippen molar-refractivity contribution in [3.8, 4) is 5.75 Å². The van der Waals surface area contributed by atoms with Crippen LogP contribution in [0.3, 0.4) is 0 Å². The maximum Gasteiger partial charge on any atom is 0.166 e. The van der Waals surface area contributed by atoms with Crippen LogP contribution in [0.1, 0.15) is 101 Å². The Kier molecular flexibility index (Phi) is 25.1. The van der Waals surface area contributed by atoms with Crippen LogP contribution in [0.5, 0.6) is 5.75 Å². The molecule has 1 fully saturated rings. The lowest BCUT2D eigenvalue weighted by Crippen LogP contribution is -2.18. The molecule has 10 aromatic carbocycles. The van der Waals surface area contributed by atoms with Crippen LogP contribution in [0.2, 0.25) is 0 Å². The fourth-order valence-electron chi connectivity index (χ4n) is 10.4. The zero-order valence-electron chi connectivity index (χ0n) is 51.0. The Balaban J connectivity index is 0.000000147. The van der Waals surface area contributed by atoms with Gasteiger partial charge in [0.2, 0.25) is 0 Å². The number of methoxy groups -OCH3 is 1. The molecule has 0 aliphatic carbocycles. The van der Waals surface area contributed by atoms with E-state index in [1.807, 2.05) is 0 Å². The van der Waals surface area contributed by atoms with E-state index in [-0.39, 0.29) is 38.1 Å². The van der Waals surface area contributed by atoms with Gasteiger partial charge in [0.1, 0.15) is 17.3 Å². The first-order chi connectivity index (χ1) is 41.0. The molecular formula is C79H88OS4+4. The molecule has 1 aliphatic heterocycles. The monoisotopic (exact) mass is 1180 g/mol. The van der Waals surface area contributed by atoms with Crippen molar-refractivity contribution in [2.75, 3.05) is 18.6 Å². The summed E-state index contributed by atoms with van der Waals surface area (Å²) in [6, 6.07) is 97.1. The summed E-state index contributed by atoms with van der Waals surface area (Å²) < 4.78 is 5.42. The summed E-state index contributed by atoms with van der Waals surface area (Å²) in [6.45, 7) is 15.6. The summed E-state index contributed by atoms with van der Waals surface area (Å²) in [6.07, 6.45) is 10.3. The normalized spacial score (nSPS) is 12.3. The molecule has 0 aromatic heterocycles. The predicted molar refractivity (Wildman–Crippen MR) is 367 cm³/mol. The van der Waals surface area contributed by atoms with Crippen molar-refractivity contribution >= 4 is 43.6 Å². The minimum atomic E-state index is -0.0497. The van der Waals surface area contributed by atoms with E-state index in [0.717, 1.165) is 12.2 Å². The van der Waals surface area contributed by atoms with Gasteiger partial charge < -0.3 is 4.74 Å². The summed E-state index contributed by atoms with van der Waals surface area (Å²) in [4.78, 5) is 13.9. The first kappa shape index (κ1) is 63.4. The van der Waals surface area contributed by atoms with Crippen molar-refractivity contribution in [2.24, 2.45) is 0 Å². The van der Waals surface area contributed by atoms with E-state index in [1.54, 1.807) is 12.0 Å². The SMILES string of the molecule is CC(C)(C)c1ccc([S+](c2ccccc2)c2ccccc2)cc1.CCCCc1ccc([S+](c2ccccc2)c2ccccc2)cc1.CCCc1ccc([S+](c2ccccc2)c2ccccc2)cc1.COc1c(C)cc([S+]2CCCCC2)cc1C. The summed E-state index contributed by atoms with van der Waals surface area (Å²) in [7, 11) is 2.16. The average molecular weight is 1180 g/mol. The molecule has 0 N–H and O–H groups in total. The molecule has 0 radical (unpaired) electrons. The molecule has 0 atom stereocenters. The van der Waals surface area contributed by atoms with Crippen molar-refractivity contribution in [2.45, 2.75) is 154 Å². The number of unbranched alkanes of at least 4 members (excludes halogenated alkanes) is 1. The van der Waals surface area contributed by atoms with Gasteiger partial charge >= 0.3 is 0 Å². The average Bonchev–Trinajstić information content (AvgIpc) is 3.22. The van der Waals surface area contributed by atoms with Crippen LogP contribution in [0.15, 0.2) is 316 Å². The Morgan fingerprint density at radius 1 is 0.369 bits per heavy atom. The van der Waals surface area contributed by atoms with E-state index in [0.29, 0.717) is 10.9 Å². The minimum Gasteiger partial charge on any atom is -0.496 e. The Morgan fingerprint density at radius 2 is 0.667 bits per heavy atom. The Bertz CT molecular complexity index is 3270. The van der Waals surface area contributed by atoms with Crippen LogP contribution in [-0.4, -0.2) is 18.6 Å². The summed E-state index contributed by atoms with van der Waals surface area (Å²) >= 11 is 0. The van der Waals surface area contributed by atoms with Crippen molar-refractivity contribution in [1.82, 2.24) is 0 Å². The third-order valence-corrected chi connectivity index (χ3v) is 23.9. The number of ether oxygens (including phenoxy) is 1. The van der Waals surface area contributed by atoms with Gasteiger partial charge in [-0.2, -0.15) is 0 Å². The summed E-state index contributed by atoms with van der Waals surface area (Å²) in [5.74, 6) is 3.85. The lowest BCUT2D eigenvalue weighted by atomic mass is 9.87. The number of rotatable bonds is 16. The molecule has 0 bridgehead atoms. The van der Waals surface area contributed by atoms with Crippen molar-refractivity contribution < 1.29 is 4.74 Å². The highest BCUT2D eigenvalue weighted by molar-refractivity contribution is 7.98. The fourth-order valence-corrected chi connectivity index (χ4v) is 19.1. The quantitative estimate of drug-likeness (QED) is 0.0876. The molecule has 0 amide bonds. The van der Waals surface area contributed by atoms with Crippen LogP contribution in [0.4, 0.5) is 0 Å². The van der Waals surface area contributed by atoms with Crippen LogP contribution >= 0.6 is 0 Å². The molecule has 1 saturated heterocycles. The number of hydrogen-bond donors (Lipinski definition) is 0. The molecule has 0 spiro atoms. The highest BCUT2D eigenvalue weighted by Gasteiger charge is 2.31. The maximum atomic E-state index is 5.42. The first-order valence-electron chi connectivity index (χ1n) is 30.2. The van der Waals surface area contributed by atoms with Crippen molar-refractivity contribution in [3.05, 3.63) is 295 Å². The second-order valence-electron chi connectivity index (χ2n) is 22.3. The lowest BCUT2D eigenvalue weighted by molar-refractivity contribution is 0.408. The highest BCUT2D eigenvalue weighted by atomic mass is 32.2. The molecular weight excluding hydrogens is 1090 g/mol. The number of benzene rings is 10. The van der Waals surface area contributed by atoms with Gasteiger partial charge in [0.15, 0.2) is 49.0 Å². The van der Waals surface area contributed by atoms with Gasteiger partial charge in [-0.1, -0.05) is 193 Å². The smallest absolute Gasteiger partial charge is 0.166 e. The summed E-state index contributed by atoms with van der Waals surface area (Å²) in [5, 5.41) is 0. The van der Waals surface area contributed by atoms with Gasteiger partial charge in [0.05, 0.1) is 39.8 Å². The highest BCUT2D eigenvalue weighted by Crippen LogP contribution is 2.36. The summed E-state index contributed by atoms with van der Waals surface area (Å²) in [5.41, 5.74) is 7.02. The largest absolute Gasteiger partial charge is 0.496 e. The van der Waals surface area contributed by atoms with E-state index in [9.17, 15) is 0 Å². The molecule has 5 heteroatoms. The molecule has 84 heavy (non-hydrogen) atoms. The van der Waals surface area contributed by atoms with Crippen molar-refractivity contribution in [1.29, 1.82) is 0 Å². The zero-order chi connectivity index (χ0) is 58.9. The zero-order valence-corrected chi connectivity index (χ0v) is 54.3. The van der Waals surface area contributed by atoms with Crippen LogP contribution in [0.25, 0.3) is 0 Å². The van der Waals surface area contributed by atoms with Gasteiger partial charge in [0.25, 0.3) is 0 Å². The fraction of sp³-hybridized carbons (Fsp3) is 0.241. The van der Waals surface area contributed by atoms with E-state index in [1.165, 1.54) is 128 Å². The predicted octanol–water partition coefficient (Wildman–Crippen LogP) is 21.4. The van der Waals surface area contributed by atoms with Crippen LogP contribution < -0.4 is 4.74 Å². The molecule has 1 aliphatic rings.